The van der Waals surface area contributed by atoms with Gasteiger partial charge in [-0.15, -0.1) is 0 Å². The molecule has 0 atom stereocenters. The summed E-state index contributed by atoms with van der Waals surface area (Å²) in [4.78, 5) is 21.2. The van der Waals surface area contributed by atoms with Crippen LogP contribution in [-0.4, -0.2) is 16.9 Å². The predicted molar refractivity (Wildman–Crippen MR) is 39.1 cm³/mol. The first kappa shape index (κ1) is 7.72. The maximum Gasteiger partial charge on any atom is 0.335 e. The highest BCUT2D eigenvalue weighted by Crippen LogP contribution is 2.15. The number of aliphatic carboxylic acids is 1. The third-order valence-electron chi connectivity index (χ3n) is 1.57. The second-order valence-electron chi connectivity index (χ2n) is 2.48. The third kappa shape index (κ3) is 1.55. The molecular weight excluding hydrogens is 144 g/mol. The monoisotopic (exact) mass is 152 g/mol. The highest BCUT2D eigenvalue weighted by Gasteiger charge is 2.14. The Morgan fingerprint density at radius 3 is 2.64 bits per heavy atom. The molecule has 0 unspecified atom stereocenters. The van der Waals surface area contributed by atoms with Gasteiger partial charge in [-0.05, 0) is 19.1 Å². The minimum Gasteiger partial charge on any atom is -0.478 e. The molecule has 0 bridgehead atoms. The van der Waals surface area contributed by atoms with Gasteiger partial charge < -0.3 is 5.11 Å². The van der Waals surface area contributed by atoms with E-state index < -0.39 is 5.97 Å². The second-order valence-corrected chi connectivity index (χ2v) is 2.48. The van der Waals surface area contributed by atoms with Crippen LogP contribution in [0.25, 0.3) is 0 Å². The van der Waals surface area contributed by atoms with Crippen LogP contribution in [0.3, 0.4) is 0 Å². The first-order valence-electron chi connectivity index (χ1n) is 3.25. The van der Waals surface area contributed by atoms with E-state index in [9.17, 15) is 9.59 Å². The maximum absolute atomic E-state index is 10.7. The number of carboxylic acids is 1. The van der Waals surface area contributed by atoms with E-state index in [1.807, 2.05) is 0 Å². The summed E-state index contributed by atoms with van der Waals surface area (Å²) < 4.78 is 0. The lowest BCUT2D eigenvalue weighted by molar-refractivity contribution is -0.132. The minimum atomic E-state index is -0.966. The lowest BCUT2D eigenvalue weighted by Crippen LogP contribution is -2.08. The van der Waals surface area contributed by atoms with Gasteiger partial charge in [0.2, 0.25) is 0 Å². The molecule has 0 radical (unpaired) electrons. The molecule has 1 rings (SSSR count). The summed E-state index contributed by atoms with van der Waals surface area (Å²) in [6.07, 6.45) is 2.89. The number of allylic oxidation sites excluding steroid dienone is 2. The number of carbonyl (C=O) groups is 2. The molecule has 0 saturated heterocycles. The van der Waals surface area contributed by atoms with Crippen LogP contribution in [0.4, 0.5) is 0 Å². The summed E-state index contributed by atoms with van der Waals surface area (Å²) in [6.45, 7) is 1.66. The fourth-order valence-electron chi connectivity index (χ4n) is 0.988. The van der Waals surface area contributed by atoms with Crippen molar-refractivity contribution >= 4 is 11.8 Å². The summed E-state index contributed by atoms with van der Waals surface area (Å²) in [7, 11) is 0. The lowest BCUT2D eigenvalue weighted by Gasteiger charge is -2.06. The zero-order chi connectivity index (χ0) is 8.43. The minimum absolute atomic E-state index is 0.0347. The Morgan fingerprint density at radius 2 is 2.18 bits per heavy atom. The Kier molecular flexibility index (Phi) is 1.89. The molecule has 3 heteroatoms. The summed E-state index contributed by atoms with van der Waals surface area (Å²) in [5.41, 5.74) is 0.870. The molecule has 0 aromatic heterocycles. The van der Waals surface area contributed by atoms with Crippen molar-refractivity contribution in [2.75, 3.05) is 0 Å². The van der Waals surface area contributed by atoms with Gasteiger partial charge in [0.15, 0.2) is 5.78 Å². The molecular formula is C8H8O3. The van der Waals surface area contributed by atoms with Gasteiger partial charge in [0.25, 0.3) is 0 Å². The first-order valence-corrected chi connectivity index (χ1v) is 3.25. The molecule has 58 valence electrons. The normalized spacial score (nSPS) is 17.4. The van der Waals surface area contributed by atoms with Crippen LogP contribution in [0, 0.1) is 0 Å². The van der Waals surface area contributed by atoms with Crippen molar-refractivity contribution in [1.29, 1.82) is 0 Å². The van der Waals surface area contributed by atoms with Gasteiger partial charge in [-0.3, -0.25) is 4.79 Å². The smallest absolute Gasteiger partial charge is 0.335 e. The first-order chi connectivity index (χ1) is 5.11. The fourth-order valence-corrected chi connectivity index (χ4v) is 0.988. The molecule has 1 N–H and O–H groups in total. The molecule has 1 aliphatic carbocycles. The third-order valence-corrected chi connectivity index (χ3v) is 1.57. The van der Waals surface area contributed by atoms with Crippen LogP contribution in [0.5, 0.6) is 0 Å². The second kappa shape index (κ2) is 2.70. The number of ketones is 1. The van der Waals surface area contributed by atoms with E-state index >= 15 is 0 Å². The summed E-state index contributed by atoms with van der Waals surface area (Å²) in [6, 6.07) is 0. The molecule has 11 heavy (non-hydrogen) atoms. The number of hydrogen-bond acceptors (Lipinski definition) is 2. The fraction of sp³-hybridized carbons (Fsp3) is 0.250. The Bertz CT molecular complexity index is 271. The zero-order valence-electron chi connectivity index (χ0n) is 6.13. The van der Waals surface area contributed by atoms with E-state index in [0.29, 0.717) is 5.57 Å². The molecule has 0 heterocycles. The molecule has 0 aliphatic heterocycles. The summed E-state index contributed by atoms with van der Waals surface area (Å²) in [5, 5.41) is 8.57. The van der Waals surface area contributed by atoms with Crippen LogP contribution in [0.2, 0.25) is 0 Å². The molecule has 0 amide bonds. The van der Waals surface area contributed by atoms with Crippen LogP contribution < -0.4 is 0 Å². The summed E-state index contributed by atoms with van der Waals surface area (Å²) >= 11 is 0. The van der Waals surface area contributed by atoms with E-state index in [-0.39, 0.29) is 17.8 Å². The van der Waals surface area contributed by atoms with Crippen molar-refractivity contribution in [2.24, 2.45) is 0 Å². The van der Waals surface area contributed by atoms with Crippen molar-refractivity contribution in [3.05, 3.63) is 23.3 Å². The maximum atomic E-state index is 10.7. The Balaban J connectivity index is 2.97. The van der Waals surface area contributed by atoms with Crippen molar-refractivity contribution in [3.8, 4) is 0 Å². The topological polar surface area (TPSA) is 54.4 Å². The van der Waals surface area contributed by atoms with Crippen molar-refractivity contribution in [2.45, 2.75) is 13.3 Å². The Morgan fingerprint density at radius 1 is 1.55 bits per heavy atom. The quantitative estimate of drug-likeness (QED) is 0.607. The van der Waals surface area contributed by atoms with Crippen molar-refractivity contribution in [1.82, 2.24) is 0 Å². The van der Waals surface area contributed by atoms with Crippen molar-refractivity contribution < 1.29 is 14.7 Å². The molecule has 0 fully saturated rings. The number of carboxylic acid groups (broad SMARTS) is 1. The van der Waals surface area contributed by atoms with Crippen LogP contribution in [-0.2, 0) is 9.59 Å². The largest absolute Gasteiger partial charge is 0.478 e. The van der Waals surface area contributed by atoms with E-state index in [1.165, 1.54) is 12.2 Å². The highest BCUT2D eigenvalue weighted by molar-refractivity contribution is 6.00. The predicted octanol–water partition coefficient (Wildman–Crippen LogP) is 0.916. The molecule has 0 saturated carbocycles. The number of carbonyl (C=O) groups excluding carboxylic acids is 1. The van der Waals surface area contributed by atoms with Gasteiger partial charge in [0, 0.05) is 6.42 Å². The van der Waals surface area contributed by atoms with Gasteiger partial charge in [0.1, 0.15) is 0 Å². The Labute approximate surface area is 64.0 Å². The number of rotatable bonds is 1. The average Bonchev–Trinajstić information content (AvgIpc) is 1.85. The standard InChI is InChI=1S/C8H8O3/c1-5-4-6(9)2-3-7(5)8(10)11/h2-3H,4H2,1H3,(H,10,11). The van der Waals surface area contributed by atoms with Gasteiger partial charge >= 0.3 is 5.97 Å². The Hall–Kier alpha value is -1.38. The van der Waals surface area contributed by atoms with Gasteiger partial charge in [-0.1, -0.05) is 5.57 Å². The average molecular weight is 152 g/mol. The van der Waals surface area contributed by atoms with Crippen LogP contribution in [0.15, 0.2) is 23.3 Å². The van der Waals surface area contributed by atoms with E-state index in [0.717, 1.165) is 0 Å². The molecule has 0 spiro atoms. The highest BCUT2D eigenvalue weighted by atomic mass is 16.4. The van der Waals surface area contributed by atoms with Crippen LogP contribution in [0.1, 0.15) is 13.3 Å². The number of hydrogen-bond donors (Lipinski definition) is 1. The van der Waals surface area contributed by atoms with E-state index in [4.69, 9.17) is 5.11 Å². The van der Waals surface area contributed by atoms with E-state index in [1.54, 1.807) is 6.92 Å². The van der Waals surface area contributed by atoms with Gasteiger partial charge in [0.05, 0.1) is 5.57 Å². The zero-order valence-corrected chi connectivity index (χ0v) is 6.13. The molecule has 0 aromatic carbocycles. The lowest BCUT2D eigenvalue weighted by atomic mass is 9.98. The molecule has 1 aliphatic rings. The van der Waals surface area contributed by atoms with Gasteiger partial charge in [-0.2, -0.15) is 0 Å². The van der Waals surface area contributed by atoms with Crippen molar-refractivity contribution in [3.63, 3.8) is 0 Å². The summed E-state index contributed by atoms with van der Waals surface area (Å²) in [5.74, 6) is -1.00. The van der Waals surface area contributed by atoms with Gasteiger partial charge in [-0.25, -0.2) is 4.79 Å². The molecule has 0 aromatic rings. The molecule has 3 nitrogen and oxygen atoms in total. The van der Waals surface area contributed by atoms with E-state index in [2.05, 4.69) is 0 Å². The van der Waals surface area contributed by atoms with Crippen LogP contribution >= 0.6 is 0 Å². The SMILES string of the molecule is CC1=C(C(=O)O)C=CC(=O)C1.